The van der Waals surface area contributed by atoms with Gasteiger partial charge in [0.2, 0.25) is 0 Å². The van der Waals surface area contributed by atoms with E-state index in [-0.39, 0.29) is 0 Å². The number of methoxy groups -OCH3 is 1. The second-order valence-electron chi connectivity index (χ2n) is 2.77. The summed E-state index contributed by atoms with van der Waals surface area (Å²) in [5.74, 6) is 0.926. The Morgan fingerprint density at radius 2 is 2.25 bits per heavy atom. The van der Waals surface area contributed by atoms with Crippen LogP contribution >= 0.6 is 0 Å². The summed E-state index contributed by atoms with van der Waals surface area (Å²) in [6, 6.07) is 5.90. The number of hydrogen-bond donors (Lipinski definition) is 1. The molecule has 2 aromatic rings. The molecular formula is C10H10NO. The van der Waals surface area contributed by atoms with Gasteiger partial charge in [-0.25, -0.2) is 0 Å². The van der Waals surface area contributed by atoms with Crippen molar-refractivity contribution < 1.29 is 4.74 Å². The van der Waals surface area contributed by atoms with Gasteiger partial charge in [0, 0.05) is 16.5 Å². The van der Waals surface area contributed by atoms with Crippen LogP contribution in [0.4, 0.5) is 0 Å². The van der Waals surface area contributed by atoms with E-state index in [1.54, 1.807) is 7.11 Å². The van der Waals surface area contributed by atoms with Gasteiger partial charge in [0.15, 0.2) is 0 Å². The minimum Gasteiger partial charge on any atom is -0.496 e. The summed E-state index contributed by atoms with van der Waals surface area (Å²) < 4.78 is 5.19. The molecule has 2 heteroatoms. The van der Waals surface area contributed by atoms with Gasteiger partial charge in [0.1, 0.15) is 5.75 Å². The molecule has 0 spiro atoms. The van der Waals surface area contributed by atoms with Crippen LogP contribution < -0.4 is 4.74 Å². The summed E-state index contributed by atoms with van der Waals surface area (Å²) in [6.07, 6.45) is 2.95. The highest BCUT2D eigenvalue weighted by Crippen LogP contribution is 2.25. The molecule has 2 nitrogen and oxygen atoms in total. The zero-order valence-corrected chi connectivity index (χ0v) is 7.14. The molecule has 61 valence electrons. The number of aromatic amines is 1. The quantitative estimate of drug-likeness (QED) is 0.680. The fraction of sp³-hybridized carbons (Fsp3) is 0.200. The lowest BCUT2D eigenvalue weighted by Gasteiger charge is -2.04. The zero-order chi connectivity index (χ0) is 8.55. The largest absolute Gasteiger partial charge is 0.496 e. The molecule has 1 aromatic carbocycles. The third-order valence-electron chi connectivity index (χ3n) is 2.11. The molecule has 0 unspecified atom stereocenters. The van der Waals surface area contributed by atoms with Crippen molar-refractivity contribution in [2.24, 2.45) is 0 Å². The molecule has 2 rings (SSSR count). The molecule has 12 heavy (non-hydrogen) atoms. The molecule has 0 aliphatic carbocycles. The van der Waals surface area contributed by atoms with Crippen LogP contribution in [0.1, 0.15) is 5.56 Å². The van der Waals surface area contributed by atoms with Gasteiger partial charge in [-0.2, -0.15) is 0 Å². The number of nitrogens with one attached hydrogen (secondary N) is 1. The minimum atomic E-state index is 0.926. The van der Waals surface area contributed by atoms with Gasteiger partial charge in [0.25, 0.3) is 0 Å². The maximum atomic E-state index is 5.19. The Kier molecular flexibility index (Phi) is 1.54. The summed E-state index contributed by atoms with van der Waals surface area (Å²) in [5.41, 5.74) is 2.26. The smallest absolute Gasteiger partial charge is 0.122 e. The van der Waals surface area contributed by atoms with E-state index in [0.717, 1.165) is 16.8 Å². The maximum Gasteiger partial charge on any atom is 0.122 e. The molecule has 1 N–H and O–H groups in total. The van der Waals surface area contributed by atoms with Gasteiger partial charge in [-0.3, -0.25) is 0 Å². The van der Waals surface area contributed by atoms with Crippen LogP contribution in [0, 0.1) is 13.1 Å². The van der Waals surface area contributed by atoms with E-state index in [4.69, 9.17) is 4.74 Å². The molecule has 0 aliphatic rings. The van der Waals surface area contributed by atoms with Crippen molar-refractivity contribution in [3.05, 3.63) is 30.0 Å². The van der Waals surface area contributed by atoms with Crippen LogP contribution in [0.2, 0.25) is 0 Å². The molecule has 0 saturated carbocycles. The number of hydrogen-bond acceptors (Lipinski definition) is 1. The Morgan fingerprint density at radius 3 is 3.00 bits per heavy atom. The number of fused-ring (bicyclic) bond motifs is 1. The number of benzene rings is 1. The van der Waals surface area contributed by atoms with Crippen molar-refractivity contribution in [1.29, 1.82) is 0 Å². The predicted octanol–water partition coefficient (Wildman–Crippen LogP) is 2.29. The van der Waals surface area contributed by atoms with Crippen LogP contribution in [0.5, 0.6) is 5.75 Å². The van der Waals surface area contributed by atoms with Crippen LogP contribution in [0.25, 0.3) is 10.9 Å². The van der Waals surface area contributed by atoms with E-state index >= 15 is 0 Å². The summed E-state index contributed by atoms with van der Waals surface area (Å²) in [7, 11) is 1.69. The van der Waals surface area contributed by atoms with Crippen LogP contribution in [-0.4, -0.2) is 12.1 Å². The molecule has 0 saturated heterocycles. The number of aryl methyl sites for hydroxylation is 1. The molecule has 0 amide bonds. The summed E-state index contributed by atoms with van der Waals surface area (Å²) >= 11 is 0. The normalized spacial score (nSPS) is 10.5. The van der Waals surface area contributed by atoms with Crippen LogP contribution in [0.15, 0.2) is 18.2 Å². The Bertz CT molecular complexity index is 403. The van der Waals surface area contributed by atoms with Crippen molar-refractivity contribution in [3.63, 3.8) is 0 Å². The molecule has 0 atom stereocenters. The van der Waals surface area contributed by atoms with E-state index in [1.807, 2.05) is 25.1 Å². The van der Waals surface area contributed by atoms with E-state index in [1.165, 1.54) is 5.39 Å². The van der Waals surface area contributed by atoms with Gasteiger partial charge in [0.05, 0.1) is 13.3 Å². The molecular weight excluding hydrogens is 150 g/mol. The minimum absolute atomic E-state index is 0.926. The fourth-order valence-electron chi connectivity index (χ4n) is 1.41. The molecule has 0 aliphatic heterocycles. The topological polar surface area (TPSA) is 25.0 Å². The Balaban J connectivity index is 2.78. The van der Waals surface area contributed by atoms with Crippen molar-refractivity contribution in [2.75, 3.05) is 7.11 Å². The average Bonchev–Trinajstić information content (AvgIpc) is 2.53. The molecule has 1 aromatic heterocycles. The standard InChI is InChI=1S/C10H10NO/c1-7-8-5-6-11-9(8)3-4-10(7)12-2/h3-5,11H,1-2H3. The first kappa shape index (κ1) is 7.22. The summed E-state index contributed by atoms with van der Waals surface area (Å²) in [6.45, 7) is 2.04. The highest BCUT2D eigenvalue weighted by molar-refractivity contribution is 5.84. The average molecular weight is 160 g/mol. The molecule has 0 fully saturated rings. The van der Waals surface area contributed by atoms with Crippen LogP contribution in [0.3, 0.4) is 0 Å². The van der Waals surface area contributed by atoms with E-state index in [0.29, 0.717) is 0 Å². The van der Waals surface area contributed by atoms with Crippen molar-refractivity contribution >= 4 is 10.9 Å². The van der Waals surface area contributed by atoms with E-state index in [2.05, 4.69) is 11.2 Å². The Hall–Kier alpha value is -1.44. The second-order valence-corrected chi connectivity index (χ2v) is 2.77. The third-order valence-corrected chi connectivity index (χ3v) is 2.11. The summed E-state index contributed by atoms with van der Waals surface area (Å²) in [5, 5.41) is 1.18. The second kappa shape index (κ2) is 2.55. The fourth-order valence-corrected chi connectivity index (χ4v) is 1.41. The SMILES string of the molecule is COc1ccc2[nH][c]cc2c1C. The maximum absolute atomic E-state index is 5.19. The lowest BCUT2D eigenvalue weighted by atomic mass is 10.1. The van der Waals surface area contributed by atoms with Crippen molar-refractivity contribution in [1.82, 2.24) is 4.98 Å². The molecule has 1 radical (unpaired) electrons. The van der Waals surface area contributed by atoms with Crippen LogP contribution in [-0.2, 0) is 0 Å². The monoisotopic (exact) mass is 160 g/mol. The number of rotatable bonds is 1. The van der Waals surface area contributed by atoms with Gasteiger partial charge in [-0.15, -0.1) is 0 Å². The molecule has 0 bridgehead atoms. The van der Waals surface area contributed by atoms with E-state index in [9.17, 15) is 0 Å². The summed E-state index contributed by atoms with van der Waals surface area (Å²) in [4.78, 5) is 3.03. The lowest BCUT2D eigenvalue weighted by molar-refractivity contribution is 0.412. The van der Waals surface area contributed by atoms with Crippen molar-refractivity contribution in [2.45, 2.75) is 6.92 Å². The number of H-pyrrole nitrogens is 1. The first-order valence-corrected chi connectivity index (χ1v) is 3.85. The first-order valence-electron chi connectivity index (χ1n) is 3.85. The van der Waals surface area contributed by atoms with Gasteiger partial charge in [-0.1, -0.05) is 0 Å². The highest BCUT2D eigenvalue weighted by Gasteiger charge is 2.02. The van der Waals surface area contributed by atoms with Crippen molar-refractivity contribution in [3.8, 4) is 5.75 Å². The van der Waals surface area contributed by atoms with Gasteiger partial charge >= 0.3 is 0 Å². The number of aromatic nitrogens is 1. The van der Waals surface area contributed by atoms with Gasteiger partial charge in [-0.05, 0) is 25.1 Å². The molecule has 1 heterocycles. The van der Waals surface area contributed by atoms with E-state index < -0.39 is 0 Å². The Labute approximate surface area is 71.2 Å². The Morgan fingerprint density at radius 1 is 1.42 bits per heavy atom. The first-order chi connectivity index (χ1) is 5.83. The highest BCUT2D eigenvalue weighted by atomic mass is 16.5. The predicted molar refractivity (Wildman–Crippen MR) is 48.4 cm³/mol. The zero-order valence-electron chi connectivity index (χ0n) is 7.14. The van der Waals surface area contributed by atoms with Gasteiger partial charge < -0.3 is 9.72 Å². The number of ether oxygens (including phenoxy) is 1. The third kappa shape index (κ3) is 0.881. The lowest BCUT2D eigenvalue weighted by Crippen LogP contribution is -1.86.